The largest absolute Gasteiger partial charge is 0.356 e. The number of aryl methyl sites for hydroxylation is 1. The van der Waals surface area contributed by atoms with Crippen LogP contribution in [0.1, 0.15) is 62.3 Å². The molecule has 6 rings (SSSR count). The highest BCUT2D eigenvalue weighted by molar-refractivity contribution is 6.31. The van der Waals surface area contributed by atoms with Gasteiger partial charge in [-0.25, -0.2) is 14.6 Å². The molecule has 216 valence electrons. The molecule has 0 spiro atoms. The maximum absolute atomic E-state index is 13.5. The van der Waals surface area contributed by atoms with Gasteiger partial charge in [-0.1, -0.05) is 23.7 Å². The highest BCUT2D eigenvalue weighted by Gasteiger charge is 2.41. The van der Waals surface area contributed by atoms with Gasteiger partial charge in [0.25, 0.3) is 0 Å². The summed E-state index contributed by atoms with van der Waals surface area (Å²) in [5.41, 5.74) is 3.11. The first-order valence-electron chi connectivity index (χ1n) is 14.5. The van der Waals surface area contributed by atoms with Crippen molar-refractivity contribution < 1.29 is 14.3 Å². The number of anilines is 1. The summed E-state index contributed by atoms with van der Waals surface area (Å²) in [6.45, 7) is 5.33. The number of benzene rings is 1. The average Bonchev–Trinajstić information content (AvgIpc) is 3.63. The van der Waals surface area contributed by atoms with Gasteiger partial charge in [0.2, 0.25) is 11.8 Å². The standard InChI is InChI=1S/C30H36ClN7O3/c1-20-16-21(5-6-24(20)31)18-36-13-10-23(11-14-36)37-25(7-8-27(37)39)30(40)35-26-17-22(9-12-32-26)29-33-19-34-38(29)28-4-2-3-15-41-28/h5-6,9,12,16-17,19,23,25,28H,2-4,7-8,10-11,13-15,18H2,1H3,(H,32,35,40). The van der Waals surface area contributed by atoms with Gasteiger partial charge in [-0.2, -0.15) is 5.10 Å². The molecule has 0 aliphatic carbocycles. The van der Waals surface area contributed by atoms with Gasteiger partial charge >= 0.3 is 0 Å². The Labute approximate surface area is 245 Å². The molecule has 41 heavy (non-hydrogen) atoms. The first-order chi connectivity index (χ1) is 20.0. The van der Waals surface area contributed by atoms with Gasteiger partial charge in [-0.15, -0.1) is 0 Å². The van der Waals surface area contributed by atoms with Crippen LogP contribution in [0.15, 0.2) is 42.9 Å². The summed E-state index contributed by atoms with van der Waals surface area (Å²) in [6.07, 6.45) is 8.64. The van der Waals surface area contributed by atoms with Gasteiger partial charge in [-0.05, 0) is 74.8 Å². The zero-order chi connectivity index (χ0) is 28.3. The van der Waals surface area contributed by atoms with Gasteiger partial charge in [0.05, 0.1) is 0 Å². The van der Waals surface area contributed by atoms with Gasteiger partial charge in [0.1, 0.15) is 18.2 Å². The van der Waals surface area contributed by atoms with Crippen LogP contribution in [0.2, 0.25) is 5.02 Å². The van der Waals surface area contributed by atoms with Crippen LogP contribution in [0.4, 0.5) is 5.82 Å². The predicted molar refractivity (Wildman–Crippen MR) is 155 cm³/mol. The van der Waals surface area contributed by atoms with Gasteiger partial charge in [0.15, 0.2) is 12.1 Å². The third kappa shape index (κ3) is 6.14. The number of halogens is 1. The highest BCUT2D eigenvalue weighted by atomic mass is 35.5. The number of carbonyl (C=O) groups is 2. The van der Waals surface area contributed by atoms with Crippen LogP contribution in [0.3, 0.4) is 0 Å². The molecule has 0 bridgehead atoms. The van der Waals surface area contributed by atoms with Crippen LogP contribution < -0.4 is 5.32 Å². The number of aromatic nitrogens is 4. The smallest absolute Gasteiger partial charge is 0.248 e. The Hall–Kier alpha value is -3.34. The lowest BCUT2D eigenvalue weighted by Crippen LogP contribution is -2.51. The molecule has 3 saturated heterocycles. The molecular formula is C30H36ClN7O3. The predicted octanol–water partition coefficient (Wildman–Crippen LogP) is 4.60. The molecular weight excluding hydrogens is 542 g/mol. The summed E-state index contributed by atoms with van der Waals surface area (Å²) >= 11 is 6.19. The van der Waals surface area contributed by atoms with E-state index < -0.39 is 6.04 Å². The number of nitrogens with one attached hydrogen (secondary N) is 1. The van der Waals surface area contributed by atoms with Crippen molar-refractivity contribution in [3.05, 3.63) is 59.0 Å². The van der Waals surface area contributed by atoms with Crippen molar-refractivity contribution in [3.8, 4) is 11.4 Å². The van der Waals surface area contributed by atoms with E-state index in [1.54, 1.807) is 16.9 Å². The number of carbonyl (C=O) groups excluding carboxylic acids is 2. The van der Waals surface area contributed by atoms with Gasteiger partial charge < -0.3 is 15.0 Å². The molecule has 2 unspecified atom stereocenters. The molecule has 3 aliphatic rings. The van der Waals surface area contributed by atoms with Crippen molar-refractivity contribution in [2.24, 2.45) is 0 Å². The zero-order valence-corrected chi connectivity index (χ0v) is 24.1. The second-order valence-corrected chi connectivity index (χ2v) is 11.6. The lowest BCUT2D eigenvalue weighted by Gasteiger charge is -2.39. The molecule has 5 heterocycles. The van der Waals surface area contributed by atoms with E-state index in [9.17, 15) is 9.59 Å². The average molecular weight is 578 g/mol. The van der Waals surface area contributed by atoms with E-state index in [2.05, 4.69) is 37.4 Å². The number of nitrogens with zero attached hydrogens (tertiary/aromatic N) is 6. The fourth-order valence-corrected chi connectivity index (χ4v) is 6.39. The second-order valence-electron chi connectivity index (χ2n) is 11.2. The molecule has 0 saturated carbocycles. The summed E-state index contributed by atoms with van der Waals surface area (Å²) < 4.78 is 7.70. The number of piperidine rings is 1. The molecule has 3 aromatic rings. The summed E-state index contributed by atoms with van der Waals surface area (Å²) in [5.74, 6) is 0.961. The van der Waals surface area contributed by atoms with E-state index in [4.69, 9.17) is 16.3 Å². The molecule has 0 radical (unpaired) electrons. The SMILES string of the molecule is Cc1cc(CN2CCC(N3C(=O)CCC3C(=O)Nc3cc(-c4ncnn4C4CCCCO4)ccn3)CC2)ccc1Cl. The normalized spacial score (nSPS) is 22.3. The van der Waals surface area contributed by atoms with Gasteiger partial charge in [-0.3, -0.25) is 14.5 Å². The zero-order valence-electron chi connectivity index (χ0n) is 23.3. The quantitative estimate of drug-likeness (QED) is 0.438. The Morgan fingerprint density at radius 3 is 2.73 bits per heavy atom. The van der Waals surface area contributed by atoms with Crippen LogP contribution >= 0.6 is 11.6 Å². The van der Waals surface area contributed by atoms with E-state index in [-0.39, 0.29) is 24.1 Å². The van der Waals surface area contributed by atoms with Crippen LogP contribution in [-0.4, -0.2) is 73.1 Å². The van der Waals surface area contributed by atoms with Crippen molar-refractivity contribution in [3.63, 3.8) is 0 Å². The minimum atomic E-state index is -0.497. The number of amides is 2. The molecule has 11 heteroatoms. The molecule has 2 aromatic heterocycles. The van der Waals surface area contributed by atoms with E-state index in [0.29, 0.717) is 31.1 Å². The lowest BCUT2D eigenvalue weighted by molar-refractivity contribution is -0.136. The van der Waals surface area contributed by atoms with Crippen molar-refractivity contribution in [2.45, 2.75) is 76.7 Å². The van der Waals surface area contributed by atoms with Crippen molar-refractivity contribution in [1.29, 1.82) is 0 Å². The first kappa shape index (κ1) is 27.8. The number of pyridine rings is 1. The molecule has 2 amide bonds. The van der Waals surface area contributed by atoms with Crippen molar-refractivity contribution in [2.75, 3.05) is 25.0 Å². The van der Waals surface area contributed by atoms with Gasteiger partial charge in [0, 0.05) is 55.5 Å². The lowest BCUT2D eigenvalue weighted by atomic mass is 10.0. The van der Waals surface area contributed by atoms with E-state index in [0.717, 1.165) is 67.9 Å². The number of ether oxygens (including phenoxy) is 1. The fourth-order valence-electron chi connectivity index (χ4n) is 6.27. The molecule has 10 nitrogen and oxygen atoms in total. The highest BCUT2D eigenvalue weighted by Crippen LogP contribution is 2.30. The van der Waals surface area contributed by atoms with E-state index in [1.165, 1.54) is 11.9 Å². The third-order valence-corrected chi connectivity index (χ3v) is 8.83. The monoisotopic (exact) mass is 577 g/mol. The van der Waals surface area contributed by atoms with Crippen molar-refractivity contribution in [1.82, 2.24) is 29.5 Å². The van der Waals surface area contributed by atoms with Crippen LogP contribution in [0, 0.1) is 6.92 Å². The Balaban J connectivity index is 1.09. The first-order valence-corrected chi connectivity index (χ1v) is 14.9. The molecule has 1 aromatic carbocycles. The Morgan fingerprint density at radius 2 is 1.95 bits per heavy atom. The summed E-state index contributed by atoms with van der Waals surface area (Å²) in [6, 6.07) is 9.37. The number of hydrogen-bond acceptors (Lipinski definition) is 7. The third-order valence-electron chi connectivity index (χ3n) is 8.41. The minimum absolute atomic E-state index is 0.0530. The molecule has 1 N–H and O–H groups in total. The second kappa shape index (κ2) is 12.3. The number of rotatable bonds is 7. The Bertz CT molecular complexity index is 1400. The molecule has 2 atom stereocenters. The fraction of sp³-hybridized carbons (Fsp3) is 0.500. The van der Waals surface area contributed by atoms with Crippen LogP contribution in [-0.2, 0) is 20.9 Å². The number of likely N-dealkylation sites (tertiary alicyclic amines) is 2. The number of hydrogen-bond donors (Lipinski definition) is 1. The molecule has 3 aliphatic heterocycles. The summed E-state index contributed by atoms with van der Waals surface area (Å²) in [5, 5.41) is 8.15. The topological polar surface area (TPSA) is 105 Å². The summed E-state index contributed by atoms with van der Waals surface area (Å²) in [7, 11) is 0. The van der Waals surface area contributed by atoms with Crippen molar-refractivity contribution >= 4 is 29.2 Å². The van der Waals surface area contributed by atoms with E-state index in [1.807, 2.05) is 24.0 Å². The van der Waals surface area contributed by atoms with Crippen LogP contribution in [0.5, 0.6) is 0 Å². The maximum Gasteiger partial charge on any atom is 0.248 e. The molecule has 3 fully saturated rings. The Kier molecular flexibility index (Phi) is 8.32. The summed E-state index contributed by atoms with van der Waals surface area (Å²) in [4.78, 5) is 39.5. The van der Waals surface area contributed by atoms with Crippen LogP contribution in [0.25, 0.3) is 11.4 Å². The maximum atomic E-state index is 13.5. The minimum Gasteiger partial charge on any atom is -0.356 e. The Morgan fingerprint density at radius 1 is 1.10 bits per heavy atom. The van der Waals surface area contributed by atoms with E-state index >= 15 is 0 Å².